The molecule has 1 heterocycles. The van der Waals surface area contributed by atoms with Gasteiger partial charge in [-0.3, -0.25) is 9.03 Å². The number of fused-ring (bicyclic) bond motifs is 1. The fraction of sp³-hybridized carbons (Fsp3) is 0.368. The maximum atomic E-state index is 13.9. The standard InChI is InChI=1S/C19H23FN2O5S2/c1-3-11-28(23,24)22-10-4-5-14-6-7-15(12-18(14)22)21-29(25,26)16-8-9-19(27-2)17(20)13-16/h6-9,12-13,21H,3-5,10-11H2,1-2H3. The Morgan fingerprint density at radius 3 is 2.55 bits per heavy atom. The summed E-state index contributed by atoms with van der Waals surface area (Å²) in [6.07, 6.45) is 1.90. The number of aryl methyl sites for hydroxylation is 1. The van der Waals surface area contributed by atoms with Crippen LogP contribution in [0.1, 0.15) is 25.3 Å². The third kappa shape index (κ3) is 4.48. The Labute approximate surface area is 170 Å². The lowest BCUT2D eigenvalue weighted by Crippen LogP contribution is -2.37. The van der Waals surface area contributed by atoms with Crippen molar-refractivity contribution < 1.29 is 26.0 Å². The van der Waals surface area contributed by atoms with E-state index in [1.165, 1.54) is 29.6 Å². The minimum absolute atomic E-state index is 0.0213. The van der Waals surface area contributed by atoms with Crippen molar-refractivity contribution in [3.63, 3.8) is 0 Å². The highest BCUT2D eigenvalue weighted by Gasteiger charge is 2.27. The molecule has 0 unspecified atom stereocenters. The summed E-state index contributed by atoms with van der Waals surface area (Å²) in [4.78, 5) is -0.260. The molecule has 0 spiro atoms. The molecule has 0 saturated heterocycles. The largest absolute Gasteiger partial charge is 0.494 e. The molecule has 1 N–H and O–H groups in total. The minimum Gasteiger partial charge on any atom is -0.494 e. The van der Waals surface area contributed by atoms with Gasteiger partial charge in [-0.1, -0.05) is 13.0 Å². The highest BCUT2D eigenvalue weighted by molar-refractivity contribution is 7.93. The van der Waals surface area contributed by atoms with E-state index in [0.717, 1.165) is 11.6 Å². The normalized spacial score (nSPS) is 14.4. The van der Waals surface area contributed by atoms with E-state index in [1.807, 2.05) is 0 Å². The molecule has 0 atom stereocenters. The van der Waals surface area contributed by atoms with E-state index in [4.69, 9.17) is 4.74 Å². The lowest BCUT2D eigenvalue weighted by molar-refractivity contribution is 0.385. The van der Waals surface area contributed by atoms with Crippen LogP contribution < -0.4 is 13.8 Å². The minimum atomic E-state index is -4.06. The molecule has 0 amide bonds. The molecular weight excluding hydrogens is 419 g/mol. The van der Waals surface area contributed by atoms with Crippen LogP contribution in [0.15, 0.2) is 41.3 Å². The third-order valence-electron chi connectivity index (χ3n) is 4.64. The number of halogens is 1. The average Bonchev–Trinajstić information content (AvgIpc) is 2.67. The van der Waals surface area contributed by atoms with E-state index >= 15 is 0 Å². The molecule has 7 nitrogen and oxygen atoms in total. The van der Waals surface area contributed by atoms with Crippen LogP contribution in [0.2, 0.25) is 0 Å². The van der Waals surface area contributed by atoms with E-state index in [1.54, 1.807) is 19.1 Å². The Morgan fingerprint density at radius 2 is 1.90 bits per heavy atom. The average molecular weight is 443 g/mol. The third-order valence-corrected chi connectivity index (χ3v) is 8.00. The molecule has 3 rings (SSSR count). The maximum Gasteiger partial charge on any atom is 0.262 e. The number of nitrogens with one attached hydrogen (secondary N) is 1. The second-order valence-electron chi connectivity index (χ2n) is 6.74. The smallest absolute Gasteiger partial charge is 0.262 e. The van der Waals surface area contributed by atoms with Gasteiger partial charge in [-0.2, -0.15) is 0 Å². The van der Waals surface area contributed by atoms with E-state index < -0.39 is 25.9 Å². The number of methoxy groups -OCH3 is 1. The zero-order valence-corrected chi connectivity index (χ0v) is 17.8. The van der Waals surface area contributed by atoms with E-state index in [2.05, 4.69) is 4.72 Å². The molecule has 0 aliphatic carbocycles. The van der Waals surface area contributed by atoms with Gasteiger partial charge in [0.15, 0.2) is 11.6 Å². The Morgan fingerprint density at radius 1 is 1.14 bits per heavy atom. The number of hydrogen-bond donors (Lipinski definition) is 1. The van der Waals surface area contributed by atoms with Gasteiger partial charge in [0.1, 0.15) is 0 Å². The second kappa shape index (κ2) is 8.19. The Bertz CT molecular complexity index is 1120. The van der Waals surface area contributed by atoms with Crippen molar-refractivity contribution in [1.29, 1.82) is 0 Å². The number of ether oxygens (including phenoxy) is 1. The van der Waals surface area contributed by atoms with Gasteiger partial charge in [0.2, 0.25) is 10.0 Å². The lowest BCUT2D eigenvalue weighted by atomic mass is 10.0. The summed E-state index contributed by atoms with van der Waals surface area (Å²) in [6.45, 7) is 2.15. The Balaban J connectivity index is 1.94. The van der Waals surface area contributed by atoms with Gasteiger partial charge in [-0.05, 0) is 55.2 Å². The van der Waals surface area contributed by atoms with Gasteiger partial charge in [0.25, 0.3) is 10.0 Å². The van der Waals surface area contributed by atoms with Crippen molar-refractivity contribution in [3.05, 3.63) is 47.8 Å². The fourth-order valence-corrected chi connectivity index (χ4v) is 5.96. The van der Waals surface area contributed by atoms with Gasteiger partial charge in [0.05, 0.1) is 29.1 Å². The summed E-state index contributed by atoms with van der Waals surface area (Å²) in [6, 6.07) is 8.15. The first-order chi connectivity index (χ1) is 13.7. The SMILES string of the molecule is CCCS(=O)(=O)N1CCCc2ccc(NS(=O)(=O)c3ccc(OC)c(F)c3)cc21. The molecule has 158 valence electrons. The van der Waals surface area contributed by atoms with E-state index in [9.17, 15) is 21.2 Å². The Hall–Kier alpha value is -2.33. The maximum absolute atomic E-state index is 13.9. The van der Waals surface area contributed by atoms with Crippen LogP contribution in [0.25, 0.3) is 0 Å². The number of sulfonamides is 2. The Kier molecular flexibility index (Phi) is 6.04. The van der Waals surface area contributed by atoms with E-state index in [0.29, 0.717) is 31.5 Å². The molecule has 0 radical (unpaired) electrons. The first-order valence-corrected chi connectivity index (χ1v) is 12.3. The van der Waals surface area contributed by atoms with Crippen LogP contribution in [0.5, 0.6) is 5.75 Å². The van der Waals surface area contributed by atoms with Gasteiger partial charge in [0, 0.05) is 6.54 Å². The monoisotopic (exact) mass is 442 g/mol. The quantitative estimate of drug-likeness (QED) is 0.711. The second-order valence-corrected chi connectivity index (χ2v) is 10.4. The molecular formula is C19H23FN2O5S2. The summed E-state index contributed by atoms with van der Waals surface area (Å²) < 4.78 is 73.0. The van der Waals surface area contributed by atoms with Gasteiger partial charge < -0.3 is 4.74 Å². The molecule has 2 aromatic rings. The van der Waals surface area contributed by atoms with Crippen LogP contribution in [0.4, 0.5) is 15.8 Å². The molecule has 2 aromatic carbocycles. The van der Waals surface area contributed by atoms with Gasteiger partial charge in [-0.15, -0.1) is 0 Å². The first-order valence-electron chi connectivity index (χ1n) is 9.17. The molecule has 0 bridgehead atoms. The summed E-state index contributed by atoms with van der Waals surface area (Å²) in [7, 11) is -6.26. The number of benzene rings is 2. The van der Waals surface area contributed by atoms with Crippen molar-refractivity contribution in [1.82, 2.24) is 0 Å². The highest BCUT2D eigenvalue weighted by Crippen LogP contribution is 2.33. The number of rotatable bonds is 7. The van der Waals surface area contributed by atoms with Crippen molar-refractivity contribution in [3.8, 4) is 5.75 Å². The van der Waals surface area contributed by atoms with Gasteiger partial charge in [-0.25, -0.2) is 21.2 Å². The zero-order chi connectivity index (χ0) is 21.2. The van der Waals surface area contributed by atoms with Gasteiger partial charge >= 0.3 is 0 Å². The van der Waals surface area contributed by atoms with Crippen LogP contribution in [-0.4, -0.2) is 36.2 Å². The van der Waals surface area contributed by atoms with Crippen LogP contribution >= 0.6 is 0 Å². The predicted molar refractivity (Wildman–Crippen MR) is 110 cm³/mol. The number of nitrogens with zero attached hydrogens (tertiary/aromatic N) is 1. The first kappa shape index (κ1) is 21.4. The topological polar surface area (TPSA) is 92.8 Å². The molecule has 29 heavy (non-hydrogen) atoms. The zero-order valence-electron chi connectivity index (χ0n) is 16.2. The van der Waals surface area contributed by atoms with Crippen LogP contribution in [0, 0.1) is 5.82 Å². The summed E-state index contributed by atoms with van der Waals surface area (Å²) >= 11 is 0. The van der Waals surface area contributed by atoms with Crippen molar-refractivity contribution in [2.24, 2.45) is 0 Å². The van der Waals surface area contributed by atoms with Crippen LogP contribution in [0.3, 0.4) is 0 Å². The van der Waals surface area contributed by atoms with Crippen molar-refractivity contribution in [2.45, 2.75) is 31.1 Å². The summed E-state index contributed by atoms with van der Waals surface area (Å²) in [5.41, 5.74) is 1.53. The summed E-state index contributed by atoms with van der Waals surface area (Å²) in [5.74, 6) is -0.833. The van der Waals surface area contributed by atoms with Crippen molar-refractivity contribution >= 4 is 31.4 Å². The van der Waals surface area contributed by atoms with E-state index in [-0.39, 0.29) is 22.1 Å². The fourth-order valence-electron chi connectivity index (χ4n) is 3.29. The highest BCUT2D eigenvalue weighted by atomic mass is 32.2. The lowest BCUT2D eigenvalue weighted by Gasteiger charge is -2.31. The number of anilines is 2. The molecule has 1 aliphatic heterocycles. The molecule has 10 heteroatoms. The summed E-state index contributed by atoms with van der Waals surface area (Å²) in [5, 5.41) is 0. The number of hydrogen-bond acceptors (Lipinski definition) is 5. The van der Waals surface area contributed by atoms with Crippen molar-refractivity contribution in [2.75, 3.05) is 28.4 Å². The molecule has 0 fully saturated rings. The molecule has 0 saturated carbocycles. The predicted octanol–water partition coefficient (Wildman–Crippen LogP) is 3.13. The van der Waals surface area contributed by atoms with Crippen LogP contribution in [-0.2, 0) is 26.5 Å². The molecule has 1 aliphatic rings. The molecule has 0 aromatic heterocycles.